The molecule has 1 aromatic carbocycles. The number of nitrogens with one attached hydrogen (secondary N) is 2. The molecule has 7 heteroatoms. The van der Waals surface area contributed by atoms with Crippen molar-refractivity contribution in [1.82, 2.24) is 20.2 Å². The Labute approximate surface area is 127 Å². The van der Waals surface area contributed by atoms with Gasteiger partial charge in [-0.3, -0.25) is 9.36 Å². The molecule has 0 fully saturated rings. The quantitative estimate of drug-likeness (QED) is 0.871. The highest BCUT2D eigenvalue weighted by atomic mass is 19.1. The minimum absolute atomic E-state index is 0.152. The van der Waals surface area contributed by atoms with E-state index in [9.17, 15) is 14.0 Å². The van der Waals surface area contributed by atoms with E-state index in [4.69, 9.17) is 0 Å². The molecule has 0 bridgehead atoms. The van der Waals surface area contributed by atoms with E-state index in [1.807, 2.05) is 0 Å². The second-order valence-corrected chi connectivity index (χ2v) is 4.80. The molecular weight excluding hydrogens is 287 g/mol. The molecule has 0 unspecified atom stereocenters. The maximum absolute atomic E-state index is 12.7. The summed E-state index contributed by atoms with van der Waals surface area (Å²) < 4.78 is 14.2. The summed E-state index contributed by atoms with van der Waals surface area (Å²) in [6.45, 7) is 2.70. The lowest BCUT2D eigenvalue weighted by Crippen LogP contribution is -2.37. The highest BCUT2D eigenvalue weighted by molar-refractivity contribution is 5.73. The van der Waals surface area contributed by atoms with Gasteiger partial charge >= 0.3 is 6.03 Å². The van der Waals surface area contributed by atoms with E-state index in [1.54, 1.807) is 19.1 Å². The Kier molecular flexibility index (Phi) is 5.24. The van der Waals surface area contributed by atoms with Crippen molar-refractivity contribution in [1.29, 1.82) is 0 Å². The molecule has 0 radical (unpaired) electrons. The summed E-state index contributed by atoms with van der Waals surface area (Å²) >= 11 is 0. The maximum Gasteiger partial charge on any atom is 0.315 e. The zero-order chi connectivity index (χ0) is 15.9. The van der Waals surface area contributed by atoms with E-state index in [-0.39, 0.29) is 17.4 Å². The molecule has 0 aliphatic rings. The minimum Gasteiger partial charge on any atom is -0.336 e. The summed E-state index contributed by atoms with van der Waals surface area (Å²) in [7, 11) is 0. The number of carbonyl (C=O) groups excluding carboxylic acids is 1. The van der Waals surface area contributed by atoms with Crippen molar-refractivity contribution >= 4 is 6.03 Å². The molecule has 2 aromatic rings. The van der Waals surface area contributed by atoms with Crippen LogP contribution in [0.1, 0.15) is 11.3 Å². The fourth-order valence-corrected chi connectivity index (χ4v) is 1.82. The second-order valence-electron chi connectivity index (χ2n) is 4.80. The smallest absolute Gasteiger partial charge is 0.315 e. The van der Waals surface area contributed by atoms with Gasteiger partial charge in [-0.2, -0.15) is 0 Å². The highest BCUT2D eigenvalue weighted by Gasteiger charge is 2.02. The van der Waals surface area contributed by atoms with Gasteiger partial charge in [0, 0.05) is 31.4 Å². The summed E-state index contributed by atoms with van der Waals surface area (Å²) in [6.07, 6.45) is 1.45. The van der Waals surface area contributed by atoms with Gasteiger partial charge in [0.25, 0.3) is 5.56 Å². The van der Waals surface area contributed by atoms with Crippen LogP contribution in [0.3, 0.4) is 0 Å². The third-order valence-electron chi connectivity index (χ3n) is 3.02. The Hall–Kier alpha value is -2.70. The third kappa shape index (κ3) is 4.69. The lowest BCUT2D eigenvalue weighted by atomic mass is 10.2. The Morgan fingerprint density at radius 1 is 1.27 bits per heavy atom. The number of aromatic nitrogens is 2. The van der Waals surface area contributed by atoms with E-state index < -0.39 is 0 Å². The molecule has 1 heterocycles. The van der Waals surface area contributed by atoms with Crippen LogP contribution in [0.2, 0.25) is 0 Å². The number of amides is 2. The minimum atomic E-state index is -0.350. The number of hydrogen-bond acceptors (Lipinski definition) is 3. The Bertz CT molecular complexity index is 697. The fraction of sp³-hybridized carbons (Fsp3) is 0.267. The van der Waals surface area contributed by atoms with Crippen molar-refractivity contribution in [3.63, 3.8) is 0 Å². The normalized spacial score (nSPS) is 10.3. The SMILES string of the molecule is Cc1cc(=O)n(CCNC(=O)NCc2ccc(F)cc2)cn1. The van der Waals surface area contributed by atoms with Gasteiger partial charge in [0.2, 0.25) is 0 Å². The molecule has 2 rings (SSSR count). The van der Waals surface area contributed by atoms with Crippen LogP contribution in [-0.4, -0.2) is 22.1 Å². The first-order valence-electron chi connectivity index (χ1n) is 6.84. The van der Waals surface area contributed by atoms with Crippen LogP contribution in [0.25, 0.3) is 0 Å². The molecule has 0 atom stereocenters. The summed E-state index contributed by atoms with van der Waals surface area (Å²) in [6, 6.07) is 6.98. The number of urea groups is 1. The average Bonchev–Trinajstić information content (AvgIpc) is 2.49. The maximum atomic E-state index is 12.7. The van der Waals surface area contributed by atoms with E-state index in [2.05, 4.69) is 15.6 Å². The topological polar surface area (TPSA) is 76.0 Å². The average molecular weight is 304 g/mol. The number of benzene rings is 1. The van der Waals surface area contributed by atoms with Crippen LogP contribution >= 0.6 is 0 Å². The molecule has 0 saturated carbocycles. The molecule has 0 aliphatic heterocycles. The number of hydrogen-bond donors (Lipinski definition) is 2. The number of halogens is 1. The molecule has 6 nitrogen and oxygen atoms in total. The van der Waals surface area contributed by atoms with Crippen LogP contribution in [0, 0.1) is 12.7 Å². The summed E-state index contributed by atoms with van der Waals surface area (Å²) in [5.41, 5.74) is 1.31. The Morgan fingerprint density at radius 3 is 2.68 bits per heavy atom. The van der Waals surface area contributed by atoms with Crippen LogP contribution in [-0.2, 0) is 13.1 Å². The van der Waals surface area contributed by atoms with Crippen LogP contribution in [0.5, 0.6) is 0 Å². The highest BCUT2D eigenvalue weighted by Crippen LogP contribution is 2.01. The van der Waals surface area contributed by atoms with Gasteiger partial charge in [-0.05, 0) is 24.6 Å². The predicted octanol–water partition coefficient (Wildman–Crippen LogP) is 1.19. The van der Waals surface area contributed by atoms with Gasteiger partial charge < -0.3 is 10.6 Å². The number of aryl methyl sites for hydroxylation is 1. The number of carbonyl (C=O) groups is 1. The summed E-state index contributed by atoms with van der Waals surface area (Å²) in [5, 5.41) is 5.30. The summed E-state index contributed by atoms with van der Waals surface area (Å²) in [4.78, 5) is 27.3. The standard InChI is InChI=1S/C15H17FN4O2/c1-11-8-14(21)20(10-19-11)7-6-17-15(22)18-9-12-2-4-13(16)5-3-12/h2-5,8,10H,6-7,9H2,1H3,(H2,17,18,22). The van der Waals surface area contributed by atoms with Gasteiger partial charge in [-0.15, -0.1) is 0 Å². The van der Waals surface area contributed by atoms with E-state index in [0.717, 1.165) is 5.56 Å². The van der Waals surface area contributed by atoms with Crippen molar-refractivity contribution < 1.29 is 9.18 Å². The van der Waals surface area contributed by atoms with Gasteiger partial charge in [0.05, 0.1) is 6.33 Å². The molecule has 0 spiro atoms. The van der Waals surface area contributed by atoms with Crippen LogP contribution < -0.4 is 16.2 Å². The Balaban J connectivity index is 1.73. The fourth-order valence-electron chi connectivity index (χ4n) is 1.82. The van der Waals surface area contributed by atoms with Gasteiger partial charge in [-0.1, -0.05) is 12.1 Å². The molecule has 2 N–H and O–H groups in total. The van der Waals surface area contributed by atoms with Crippen molar-refractivity contribution in [3.8, 4) is 0 Å². The lowest BCUT2D eigenvalue weighted by molar-refractivity contribution is 0.240. The largest absolute Gasteiger partial charge is 0.336 e. The van der Waals surface area contributed by atoms with E-state index in [0.29, 0.717) is 25.3 Å². The lowest BCUT2D eigenvalue weighted by Gasteiger charge is -2.09. The number of nitrogens with zero attached hydrogens (tertiary/aromatic N) is 2. The molecule has 22 heavy (non-hydrogen) atoms. The predicted molar refractivity (Wildman–Crippen MR) is 79.9 cm³/mol. The van der Waals surface area contributed by atoms with E-state index >= 15 is 0 Å². The molecule has 0 saturated heterocycles. The zero-order valence-corrected chi connectivity index (χ0v) is 12.2. The zero-order valence-electron chi connectivity index (χ0n) is 12.2. The van der Waals surface area contributed by atoms with Gasteiger partial charge in [0.15, 0.2) is 0 Å². The van der Waals surface area contributed by atoms with Crippen LogP contribution in [0.15, 0.2) is 41.5 Å². The molecule has 116 valence electrons. The van der Waals surface area contributed by atoms with Gasteiger partial charge in [0.1, 0.15) is 5.82 Å². The molecule has 0 aliphatic carbocycles. The van der Waals surface area contributed by atoms with Crippen LogP contribution in [0.4, 0.5) is 9.18 Å². The summed E-state index contributed by atoms with van der Waals surface area (Å²) in [5.74, 6) is -0.314. The third-order valence-corrected chi connectivity index (χ3v) is 3.02. The van der Waals surface area contributed by atoms with Crippen molar-refractivity contribution in [2.24, 2.45) is 0 Å². The molecular formula is C15H17FN4O2. The molecule has 2 amide bonds. The van der Waals surface area contributed by atoms with Crippen molar-refractivity contribution in [2.45, 2.75) is 20.0 Å². The van der Waals surface area contributed by atoms with Crippen molar-refractivity contribution in [2.75, 3.05) is 6.54 Å². The van der Waals surface area contributed by atoms with Crippen molar-refractivity contribution in [3.05, 3.63) is 64.1 Å². The number of rotatable bonds is 5. The van der Waals surface area contributed by atoms with E-state index in [1.165, 1.54) is 29.1 Å². The molecule has 1 aromatic heterocycles. The first-order chi connectivity index (χ1) is 10.5. The second kappa shape index (κ2) is 7.35. The first-order valence-corrected chi connectivity index (χ1v) is 6.84. The first kappa shape index (κ1) is 15.7. The van der Waals surface area contributed by atoms with Gasteiger partial charge in [-0.25, -0.2) is 14.2 Å². The Morgan fingerprint density at radius 2 is 2.00 bits per heavy atom. The monoisotopic (exact) mass is 304 g/mol.